The highest BCUT2D eigenvalue weighted by Gasteiger charge is 2.27. The summed E-state index contributed by atoms with van der Waals surface area (Å²) in [5.74, 6) is 1.19. The lowest BCUT2D eigenvalue weighted by Gasteiger charge is -2.21. The van der Waals surface area contributed by atoms with Gasteiger partial charge in [-0.25, -0.2) is 10.1 Å². The number of hydrogen-bond donors (Lipinski definition) is 0. The molecule has 0 aromatic carbocycles. The summed E-state index contributed by atoms with van der Waals surface area (Å²) in [5, 5.41) is 8.73. The van der Waals surface area contributed by atoms with Crippen LogP contribution >= 0.6 is 0 Å². The Kier molecular flexibility index (Phi) is 1.91. The molecule has 0 aliphatic heterocycles. The Morgan fingerprint density at radius 2 is 2.08 bits per heavy atom. The minimum absolute atomic E-state index is 0.332. The Morgan fingerprint density at radius 3 is 2.54 bits per heavy atom. The Hall–Kier alpha value is -1.54. The summed E-state index contributed by atoms with van der Waals surface area (Å²) in [6.45, 7) is 6.87. The van der Waals surface area contributed by atoms with E-state index in [9.17, 15) is 0 Å². The van der Waals surface area contributed by atoms with E-state index < -0.39 is 0 Å². The Labute approximate surface area is 78.0 Å². The van der Waals surface area contributed by atoms with Gasteiger partial charge < -0.3 is 0 Å². The van der Waals surface area contributed by atoms with Crippen molar-refractivity contribution in [3.63, 3.8) is 0 Å². The monoisotopic (exact) mass is 170 g/mol. The summed E-state index contributed by atoms with van der Waals surface area (Å²) in [7, 11) is 0. The van der Waals surface area contributed by atoms with E-state index in [4.69, 9.17) is 11.8 Å². The van der Waals surface area contributed by atoms with Crippen molar-refractivity contribution >= 4 is 0 Å². The van der Waals surface area contributed by atoms with Crippen molar-refractivity contribution in [2.75, 3.05) is 0 Å². The minimum Gasteiger partial charge on any atom is -0.227 e. The molecule has 2 atom stereocenters. The molecule has 64 valence electrons. The zero-order valence-corrected chi connectivity index (χ0v) is 7.33. The fourth-order valence-corrected chi connectivity index (χ4v) is 2.26. The van der Waals surface area contributed by atoms with Crippen LogP contribution in [0.4, 0.5) is 0 Å². The van der Waals surface area contributed by atoms with Gasteiger partial charge in [-0.3, -0.25) is 0 Å². The van der Waals surface area contributed by atoms with E-state index >= 15 is 0 Å². The zero-order chi connectivity index (χ0) is 9.26. The van der Waals surface area contributed by atoms with Gasteiger partial charge in [-0.1, -0.05) is 17.7 Å². The van der Waals surface area contributed by atoms with Crippen LogP contribution in [-0.2, 0) is 0 Å². The highest BCUT2D eigenvalue weighted by molar-refractivity contribution is 5.36. The third-order valence-electron chi connectivity index (χ3n) is 2.83. The van der Waals surface area contributed by atoms with Crippen LogP contribution in [0.1, 0.15) is 19.3 Å². The predicted molar refractivity (Wildman–Crippen MR) is 49.2 cm³/mol. The average Bonchev–Trinajstić information content (AvgIpc) is 2.48. The van der Waals surface area contributed by atoms with E-state index in [-0.39, 0.29) is 0 Å². The van der Waals surface area contributed by atoms with Gasteiger partial charge in [0, 0.05) is 0 Å². The maximum Gasteiger partial charge on any atom is 0.261 e. The average molecular weight is 170 g/mol. The summed E-state index contributed by atoms with van der Waals surface area (Å²) >= 11 is 0. The summed E-state index contributed by atoms with van der Waals surface area (Å²) in [5.41, 5.74) is 1.40. The van der Waals surface area contributed by atoms with Crippen molar-refractivity contribution in [3.05, 3.63) is 34.8 Å². The number of fused-ring (bicyclic) bond motifs is 2. The van der Waals surface area contributed by atoms with Gasteiger partial charge in [0.05, 0.1) is 12.6 Å². The van der Waals surface area contributed by atoms with E-state index in [0.29, 0.717) is 17.5 Å². The van der Waals surface area contributed by atoms with Crippen molar-refractivity contribution in [3.8, 4) is 6.07 Å². The third kappa shape index (κ3) is 1.36. The second kappa shape index (κ2) is 3.07. The molecule has 2 bridgehead atoms. The van der Waals surface area contributed by atoms with Gasteiger partial charge in [-0.15, -0.1) is 0 Å². The Balaban J connectivity index is 2.27. The number of nitrogens with zero attached hydrogens (tertiary/aromatic N) is 2. The molecule has 1 fully saturated rings. The fourth-order valence-electron chi connectivity index (χ4n) is 2.26. The zero-order valence-electron chi connectivity index (χ0n) is 7.33. The van der Waals surface area contributed by atoms with E-state index in [0.717, 1.165) is 18.4 Å². The first-order valence-electron chi connectivity index (χ1n) is 4.51. The van der Waals surface area contributed by atoms with Crippen LogP contribution in [0.25, 0.3) is 4.85 Å². The van der Waals surface area contributed by atoms with Gasteiger partial charge in [0.2, 0.25) is 0 Å². The van der Waals surface area contributed by atoms with E-state index in [1.807, 2.05) is 6.07 Å². The number of hydrogen-bond acceptors (Lipinski definition) is 1. The van der Waals surface area contributed by atoms with Crippen LogP contribution in [0.3, 0.4) is 0 Å². The van der Waals surface area contributed by atoms with Crippen LogP contribution in [-0.4, -0.2) is 0 Å². The summed E-state index contributed by atoms with van der Waals surface area (Å²) in [6, 6.07) is 1.99. The third-order valence-corrected chi connectivity index (χ3v) is 2.83. The maximum atomic E-state index is 8.73. The largest absolute Gasteiger partial charge is 0.261 e. The fraction of sp³-hybridized carbons (Fsp3) is 0.455. The van der Waals surface area contributed by atoms with Gasteiger partial charge in [0.1, 0.15) is 0 Å². The molecule has 13 heavy (non-hydrogen) atoms. The molecule has 0 saturated heterocycles. The first-order valence-corrected chi connectivity index (χ1v) is 4.51. The summed E-state index contributed by atoms with van der Waals surface area (Å²) < 4.78 is 0. The SMILES string of the molecule is [C-]#[N+]C(C#N)=C1CC2C=CC(C1)C2. The molecule has 0 aromatic rings. The van der Waals surface area contributed by atoms with Crippen LogP contribution in [0, 0.1) is 29.7 Å². The van der Waals surface area contributed by atoms with Gasteiger partial charge >= 0.3 is 0 Å². The van der Waals surface area contributed by atoms with Crippen molar-refractivity contribution in [2.24, 2.45) is 11.8 Å². The van der Waals surface area contributed by atoms with E-state index in [1.54, 1.807) is 0 Å². The summed E-state index contributed by atoms with van der Waals surface area (Å²) in [4.78, 5) is 3.27. The van der Waals surface area contributed by atoms with Crippen molar-refractivity contribution < 1.29 is 0 Å². The lowest BCUT2D eigenvalue weighted by Crippen LogP contribution is -2.09. The molecule has 0 heterocycles. The van der Waals surface area contributed by atoms with Gasteiger partial charge in [-0.05, 0) is 31.1 Å². The maximum absolute atomic E-state index is 8.73. The quantitative estimate of drug-likeness (QED) is 0.312. The normalized spacial score (nSPS) is 29.5. The van der Waals surface area contributed by atoms with Crippen LogP contribution in [0.5, 0.6) is 0 Å². The summed E-state index contributed by atoms with van der Waals surface area (Å²) in [6.07, 6.45) is 7.55. The van der Waals surface area contributed by atoms with Gasteiger partial charge in [0.25, 0.3) is 5.70 Å². The smallest absolute Gasteiger partial charge is 0.227 e. The van der Waals surface area contributed by atoms with Gasteiger partial charge in [0.15, 0.2) is 0 Å². The molecule has 2 unspecified atom stereocenters. The molecular weight excluding hydrogens is 160 g/mol. The lowest BCUT2D eigenvalue weighted by molar-refractivity contribution is 0.453. The van der Waals surface area contributed by atoms with E-state index in [2.05, 4.69) is 17.0 Å². The first kappa shape index (κ1) is 8.08. The molecule has 2 rings (SSSR count). The van der Waals surface area contributed by atoms with Gasteiger partial charge in [-0.2, -0.15) is 0 Å². The molecule has 0 amide bonds. The number of rotatable bonds is 0. The second-order valence-corrected chi connectivity index (χ2v) is 3.72. The number of nitriles is 1. The molecule has 2 heteroatoms. The first-order chi connectivity index (χ1) is 6.33. The molecule has 2 nitrogen and oxygen atoms in total. The van der Waals surface area contributed by atoms with Crippen molar-refractivity contribution in [1.82, 2.24) is 0 Å². The second-order valence-electron chi connectivity index (χ2n) is 3.72. The Bertz CT molecular complexity index is 331. The molecule has 0 radical (unpaired) electrons. The molecule has 0 N–H and O–H groups in total. The Morgan fingerprint density at radius 1 is 1.46 bits per heavy atom. The van der Waals surface area contributed by atoms with Crippen molar-refractivity contribution in [2.45, 2.75) is 19.3 Å². The minimum atomic E-state index is 0.332. The predicted octanol–water partition coefficient (Wildman–Crippen LogP) is 2.67. The van der Waals surface area contributed by atoms with E-state index in [1.165, 1.54) is 6.42 Å². The van der Waals surface area contributed by atoms with Crippen molar-refractivity contribution in [1.29, 1.82) is 5.26 Å². The molecule has 0 spiro atoms. The topological polar surface area (TPSA) is 28.1 Å². The molecular formula is C11H10N2. The highest BCUT2D eigenvalue weighted by atomic mass is 14.7. The molecule has 0 aromatic heterocycles. The molecule has 2 aliphatic rings. The standard InChI is InChI=1S/C11H10N2/c1-13-11(7-12)10-5-8-2-3-9(4-8)6-10/h2-3,8-9H,4-6H2. The highest BCUT2D eigenvalue weighted by Crippen LogP contribution is 2.40. The molecule has 2 aliphatic carbocycles. The molecule has 1 saturated carbocycles. The number of allylic oxidation sites excluding steroid dienone is 4. The van der Waals surface area contributed by atoms with Crippen LogP contribution in [0.15, 0.2) is 23.4 Å². The van der Waals surface area contributed by atoms with Crippen LogP contribution < -0.4 is 0 Å². The lowest BCUT2D eigenvalue weighted by atomic mass is 9.83. The van der Waals surface area contributed by atoms with Crippen LogP contribution in [0.2, 0.25) is 0 Å².